The average Bonchev–Trinajstić information content (AvgIpc) is 3.05. The van der Waals surface area contributed by atoms with Gasteiger partial charge in [0.1, 0.15) is 6.04 Å². The van der Waals surface area contributed by atoms with Crippen molar-refractivity contribution in [1.82, 2.24) is 15.1 Å². The lowest BCUT2D eigenvalue weighted by atomic mass is 10.1. The van der Waals surface area contributed by atoms with Crippen molar-refractivity contribution in [2.45, 2.75) is 70.0 Å². The van der Waals surface area contributed by atoms with E-state index in [4.69, 9.17) is 0 Å². The van der Waals surface area contributed by atoms with Gasteiger partial charge < -0.3 is 15.1 Å². The van der Waals surface area contributed by atoms with E-state index in [1.54, 1.807) is 0 Å². The van der Waals surface area contributed by atoms with E-state index in [0.29, 0.717) is 18.5 Å². The maximum absolute atomic E-state index is 12.9. The van der Waals surface area contributed by atoms with Gasteiger partial charge in [0.25, 0.3) is 0 Å². The third-order valence-corrected chi connectivity index (χ3v) is 5.16. The molecule has 0 saturated carbocycles. The van der Waals surface area contributed by atoms with Gasteiger partial charge in [0.2, 0.25) is 11.8 Å². The molecule has 3 fully saturated rings. The number of hydrogen-bond acceptors (Lipinski definition) is 3. The van der Waals surface area contributed by atoms with E-state index in [0.717, 1.165) is 45.3 Å². The Hall–Kier alpha value is -0.810. The van der Waals surface area contributed by atoms with E-state index in [1.165, 1.54) is 12.8 Å². The molecule has 0 radical (unpaired) electrons. The summed E-state index contributed by atoms with van der Waals surface area (Å²) >= 11 is 0. The van der Waals surface area contributed by atoms with Gasteiger partial charge in [-0.2, -0.15) is 0 Å². The molecule has 3 rings (SSSR count). The topological polar surface area (TPSA) is 52.7 Å². The molecule has 0 aromatic rings. The maximum atomic E-state index is 12.9. The van der Waals surface area contributed by atoms with E-state index in [1.807, 2.05) is 16.7 Å². The third-order valence-electron chi connectivity index (χ3n) is 5.16. The Morgan fingerprint density at radius 3 is 2.64 bits per heavy atom. The minimum atomic E-state index is -0.194. The van der Waals surface area contributed by atoms with Crippen LogP contribution in [-0.2, 0) is 9.59 Å². The summed E-state index contributed by atoms with van der Waals surface area (Å²) in [6.07, 6.45) is 6.70. The van der Waals surface area contributed by atoms with Gasteiger partial charge in [-0.05, 0) is 38.5 Å². The predicted molar refractivity (Wildman–Crippen MR) is 88.0 cm³/mol. The van der Waals surface area contributed by atoms with Gasteiger partial charge in [0.15, 0.2) is 0 Å². The summed E-state index contributed by atoms with van der Waals surface area (Å²) in [5.41, 5.74) is 0. The molecule has 3 unspecified atom stereocenters. The number of rotatable bonds is 3. The van der Waals surface area contributed by atoms with E-state index < -0.39 is 0 Å². The van der Waals surface area contributed by atoms with E-state index in [-0.39, 0.29) is 30.3 Å². The van der Waals surface area contributed by atoms with Crippen molar-refractivity contribution in [3.05, 3.63) is 0 Å². The molecule has 3 aliphatic rings. The Kier molecular flexibility index (Phi) is 6.09. The van der Waals surface area contributed by atoms with Crippen molar-refractivity contribution >= 4 is 24.2 Å². The molecule has 6 heteroatoms. The van der Waals surface area contributed by atoms with Crippen LogP contribution in [0.25, 0.3) is 0 Å². The van der Waals surface area contributed by atoms with Gasteiger partial charge in [0.05, 0.1) is 0 Å². The number of nitrogens with one attached hydrogen (secondary N) is 1. The Morgan fingerprint density at radius 2 is 1.86 bits per heavy atom. The molecule has 3 saturated heterocycles. The summed E-state index contributed by atoms with van der Waals surface area (Å²) < 4.78 is 0. The minimum absolute atomic E-state index is 0. The minimum Gasteiger partial charge on any atom is -0.339 e. The summed E-state index contributed by atoms with van der Waals surface area (Å²) in [6.45, 7) is 4.44. The van der Waals surface area contributed by atoms with Crippen LogP contribution in [0.2, 0.25) is 0 Å². The van der Waals surface area contributed by atoms with Crippen molar-refractivity contribution in [1.29, 1.82) is 0 Å². The molecular formula is C16H28ClN3O2. The van der Waals surface area contributed by atoms with Gasteiger partial charge in [0, 0.05) is 38.1 Å². The molecule has 3 aliphatic heterocycles. The van der Waals surface area contributed by atoms with Crippen LogP contribution in [-0.4, -0.2) is 59.4 Å². The van der Waals surface area contributed by atoms with Crippen LogP contribution < -0.4 is 5.32 Å². The largest absolute Gasteiger partial charge is 0.339 e. The molecule has 3 atom stereocenters. The fourth-order valence-electron chi connectivity index (χ4n) is 4.03. The first-order valence-corrected chi connectivity index (χ1v) is 8.53. The SMILES string of the molecule is CCCC(=O)N1CCCC1C(=O)N1CCC2CCC(C1)N2.Cl. The van der Waals surface area contributed by atoms with Crippen molar-refractivity contribution in [2.75, 3.05) is 19.6 Å². The zero-order chi connectivity index (χ0) is 14.8. The van der Waals surface area contributed by atoms with Gasteiger partial charge in [-0.25, -0.2) is 0 Å². The second kappa shape index (κ2) is 7.64. The molecular weight excluding hydrogens is 302 g/mol. The quantitative estimate of drug-likeness (QED) is 0.854. The van der Waals surface area contributed by atoms with Crippen molar-refractivity contribution < 1.29 is 9.59 Å². The van der Waals surface area contributed by atoms with E-state index in [2.05, 4.69) is 5.32 Å². The molecule has 22 heavy (non-hydrogen) atoms. The highest BCUT2D eigenvalue weighted by Gasteiger charge is 2.38. The smallest absolute Gasteiger partial charge is 0.245 e. The number of halogens is 1. The van der Waals surface area contributed by atoms with Crippen LogP contribution in [0.15, 0.2) is 0 Å². The Labute approximate surface area is 139 Å². The molecule has 5 nitrogen and oxygen atoms in total. The standard InChI is InChI=1S/C16H27N3O2.ClH/c1-2-4-15(20)19-9-3-5-14(19)16(21)18-10-8-12-6-7-13(11-18)17-12;/h12-14,17H,2-11H2,1H3;1H. The summed E-state index contributed by atoms with van der Waals surface area (Å²) in [6, 6.07) is 0.859. The number of fused-ring (bicyclic) bond motifs is 2. The zero-order valence-electron chi connectivity index (χ0n) is 13.4. The summed E-state index contributed by atoms with van der Waals surface area (Å²) in [7, 11) is 0. The second-order valence-electron chi connectivity index (χ2n) is 6.71. The zero-order valence-corrected chi connectivity index (χ0v) is 14.2. The van der Waals surface area contributed by atoms with Crippen molar-refractivity contribution in [3.8, 4) is 0 Å². The van der Waals surface area contributed by atoms with Crippen LogP contribution in [0.3, 0.4) is 0 Å². The first-order chi connectivity index (χ1) is 10.2. The van der Waals surface area contributed by atoms with E-state index >= 15 is 0 Å². The van der Waals surface area contributed by atoms with Gasteiger partial charge in [-0.15, -0.1) is 12.4 Å². The highest BCUT2D eigenvalue weighted by molar-refractivity contribution is 5.88. The summed E-state index contributed by atoms with van der Waals surface area (Å²) in [5, 5.41) is 3.61. The maximum Gasteiger partial charge on any atom is 0.245 e. The number of carbonyl (C=O) groups is 2. The molecule has 0 aromatic heterocycles. The van der Waals surface area contributed by atoms with Crippen molar-refractivity contribution in [3.63, 3.8) is 0 Å². The number of carbonyl (C=O) groups excluding carboxylic acids is 2. The fourth-order valence-corrected chi connectivity index (χ4v) is 4.03. The predicted octanol–water partition coefficient (Wildman–Crippen LogP) is 1.55. The number of nitrogens with zero attached hydrogens (tertiary/aromatic N) is 2. The van der Waals surface area contributed by atoms with Crippen molar-refractivity contribution in [2.24, 2.45) is 0 Å². The summed E-state index contributed by atoms with van der Waals surface area (Å²) in [5.74, 6) is 0.342. The molecule has 0 aromatic carbocycles. The monoisotopic (exact) mass is 329 g/mol. The van der Waals surface area contributed by atoms with Gasteiger partial charge in [-0.1, -0.05) is 6.92 Å². The molecule has 2 amide bonds. The molecule has 1 N–H and O–H groups in total. The number of hydrogen-bond donors (Lipinski definition) is 1. The normalized spacial score (nSPS) is 30.9. The van der Waals surface area contributed by atoms with Crippen LogP contribution in [0, 0.1) is 0 Å². The number of amides is 2. The lowest BCUT2D eigenvalue weighted by Gasteiger charge is -2.31. The molecule has 0 aliphatic carbocycles. The van der Waals surface area contributed by atoms with Crippen LogP contribution >= 0.6 is 12.4 Å². The first kappa shape index (κ1) is 17.5. The second-order valence-corrected chi connectivity index (χ2v) is 6.71. The lowest BCUT2D eigenvalue weighted by molar-refractivity contribution is -0.144. The fraction of sp³-hybridized carbons (Fsp3) is 0.875. The molecule has 126 valence electrons. The Bertz CT molecular complexity index is 418. The Morgan fingerprint density at radius 1 is 1.09 bits per heavy atom. The highest BCUT2D eigenvalue weighted by Crippen LogP contribution is 2.25. The third kappa shape index (κ3) is 3.57. The highest BCUT2D eigenvalue weighted by atomic mass is 35.5. The summed E-state index contributed by atoms with van der Waals surface area (Å²) in [4.78, 5) is 28.9. The number of likely N-dealkylation sites (tertiary alicyclic amines) is 2. The van der Waals surface area contributed by atoms with Crippen LogP contribution in [0.4, 0.5) is 0 Å². The molecule has 0 spiro atoms. The Balaban J connectivity index is 0.00000176. The van der Waals surface area contributed by atoms with Gasteiger partial charge >= 0.3 is 0 Å². The van der Waals surface area contributed by atoms with E-state index in [9.17, 15) is 9.59 Å². The average molecular weight is 330 g/mol. The first-order valence-electron chi connectivity index (χ1n) is 8.53. The van der Waals surface area contributed by atoms with Crippen LogP contribution in [0.5, 0.6) is 0 Å². The lowest BCUT2D eigenvalue weighted by Crippen LogP contribution is -2.49. The molecule has 3 heterocycles. The van der Waals surface area contributed by atoms with Gasteiger partial charge in [-0.3, -0.25) is 9.59 Å². The van der Waals surface area contributed by atoms with Crippen LogP contribution in [0.1, 0.15) is 51.9 Å². The molecule has 2 bridgehead atoms.